The maximum atomic E-state index is 11.8. The molecule has 0 spiro atoms. The normalized spacial score (nSPS) is 10.0. The summed E-state index contributed by atoms with van der Waals surface area (Å²) in [4.78, 5) is 18.9. The first-order valence-electron chi connectivity index (χ1n) is 7.37. The summed E-state index contributed by atoms with van der Waals surface area (Å²) in [5, 5.41) is 0. The first-order valence-corrected chi connectivity index (χ1v) is 7.37. The van der Waals surface area contributed by atoms with Gasteiger partial charge in [0.1, 0.15) is 5.82 Å². The molecular formula is C18H18ClN3O2. The van der Waals surface area contributed by atoms with E-state index in [1.165, 1.54) is 0 Å². The minimum atomic E-state index is -0.496. The zero-order valence-corrected chi connectivity index (χ0v) is 14.0. The molecule has 3 aromatic rings. The number of aromatic amines is 1. The van der Waals surface area contributed by atoms with Crippen molar-refractivity contribution in [2.75, 3.05) is 12.3 Å². The number of imidazole rings is 1. The van der Waals surface area contributed by atoms with Crippen LogP contribution in [0.2, 0.25) is 0 Å². The van der Waals surface area contributed by atoms with E-state index in [4.69, 9.17) is 10.5 Å². The van der Waals surface area contributed by atoms with Crippen molar-refractivity contribution in [3.8, 4) is 22.5 Å². The van der Waals surface area contributed by atoms with E-state index in [0.717, 1.165) is 16.7 Å². The predicted octanol–water partition coefficient (Wildman–Crippen LogP) is 3.92. The number of esters is 1. The number of ether oxygens (including phenoxy) is 1. The molecule has 6 heteroatoms. The molecule has 0 aliphatic carbocycles. The Kier molecular flexibility index (Phi) is 5.60. The lowest BCUT2D eigenvalue weighted by atomic mass is 10.0. The molecule has 2 aromatic carbocycles. The van der Waals surface area contributed by atoms with Crippen molar-refractivity contribution in [3.63, 3.8) is 0 Å². The molecule has 0 bridgehead atoms. The zero-order valence-electron chi connectivity index (χ0n) is 13.2. The number of nitrogens with one attached hydrogen (secondary N) is 1. The molecule has 0 saturated heterocycles. The number of rotatable bonds is 4. The van der Waals surface area contributed by atoms with Crippen LogP contribution in [0.3, 0.4) is 0 Å². The van der Waals surface area contributed by atoms with Crippen molar-refractivity contribution in [1.82, 2.24) is 9.97 Å². The number of H-pyrrole nitrogens is 1. The zero-order chi connectivity index (χ0) is 16.2. The van der Waals surface area contributed by atoms with E-state index in [1.807, 2.05) is 42.5 Å². The summed E-state index contributed by atoms with van der Waals surface area (Å²) in [6, 6.07) is 18.0. The maximum Gasteiger partial charge on any atom is 0.358 e. The highest BCUT2D eigenvalue weighted by Crippen LogP contribution is 2.24. The second-order valence-electron chi connectivity index (χ2n) is 5.01. The molecule has 3 rings (SSSR count). The highest BCUT2D eigenvalue weighted by atomic mass is 35.5. The lowest BCUT2D eigenvalue weighted by molar-refractivity contribution is 0.0521. The Labute approximate surface area is 146 Å². The van der Waals surface area contributed by atoms with Gasteiger partial charge in [-0.25, -0.2) is 9.78 Å². The summed E-state index contributed by atoms with van der Waals surface area (Å²) in [5.41, 5.74) is 9.08. The van der Waals surface area contributed by atoms with E-state index < -0.39 is 5.97 Å². The third-order valence-corrected chi connectivity index (χ3v) is 3.48. The summed E-state index contributed by atoms with van der Waals surface area (Å²) in [6.45, 7) is 2.03. The number of benzene rings is 2. The highest BCUT2D eigenvalue weighted by molar-refractivity contribution is 5.93. The van der Waals surface area contributed by atoms with Gasteiger partial charge in [0.15, 0.2) is 11.5 Å². The average Bonchev–Trinajstić information content (AvgIpc) is 2.98. The van der Waals surface area contributed by atoms with Gasteiger partial charge >= 0.3 is 5.97 Å². The fourth-order valence-corrected chi connectivity index (χ4v) is 2.33. The Balaban J connectivity index is 0.00000208. The van der Waals surface area contributed by atoms with E-state index >= 15 is 0 Å². The van der Waals surface area contributed by atoms with Gasteiger partial charge in [0.2, 0.25) is 0 Å². The molecule has 0 unspecified atom stereocenters. The molecule has 0 aliphatic rings. The Bertz CT molecular complexity index is 814. The third-order valence-electron chi connectivity index (χ3n) is 3.48. The number of carbonyl (C=O) groups excluding carboxylic acids is 1. The molecular weight excluding hydrogens is 326 g/mol. The fourth-order valence-electron chi connectivity index (χ4n) is 2.33. The number of hydrogen-bond donors (Lipinski definition) is 2. The number of nitrogen functional groups attached to an aromatic ring is 1. The summed E-state index contributed by atoms with van der Waals surface area (Å²) >= 11 is 0. The molecule has 5 nitrogen and oxygen atoms in total. The van der Waals surface area contributed by atoms with Crippen LogP contribution in [0.4, 0.5) is 5.82 Å². The van der Waals surface area contributed by atoms with Gasteiger partial charge in [-0.2, -0.15) is 0 Å². The molecule has 0 fully saturated rings. The molecule has 0 amide bonds. The van der Waals surface area contributed by atoms with Gasteiger partial charge in [-0.3, -0.25) is 0 Å². The largest absolute Gasteiger partial charge is 0.461 e. The molecule has 24 heavy (non-hydrogen) atoms. The first-order chi connectivity index (χ1) is 11.2. The summed E-state index contributed by atoms with van der Waals surface area (Å²) in [6.07, 6.45) is 0. The van der Waals surface area contributed by atoms with Crippen LogP contribution in [0, 0.1) is 0 Å². The van der Waals surface area contributed by atoms with Crippen molar-refractivity contribution >= 4 is 24.2 Å². The van der Waals surface area contributed by atoms with Crippen LogP contribution in [0.15, 0.2) is 54.6 Å². The second-order valence-corrected chi connectivity index (χ2v) is 5.01. The van der Waals surface area contributed by atoms with Crippen LogP contribution in [-0.2, 0) is 4.74 Å². The number of aromatic nitrogens is 2. The van der Waals surface area contributed by atoms with Gasteiger partial charge in [0.05, 0.1) is 6.61 Å². The third kappa shape index (κ3) is 3.58. The van der Waals surface area contributed by atoms with E-state index in [2.05, 4.69) is 22.1 Å². The Morgan fingerprint density at radius 2 is 1.62 bits per heavy atom. The number of nitrogens with zero attached hydrogens (tertiary/aromatic N) is 1. The van der Waals surface area contributed by atoms with Gasteiger partial charge in [0, 0.05) is 5.56 Å². The molecule has 0 atom stereocenters. The van der Waals surface area contributed by atoms with Crippen LogP contribution in [0.1, 0.15) is 17.4 Å². The highest BCUT2D eigenvalue weighted by Gasteiger charge is 2.17. The lowest BCUT2D eigenvalue weighted by Gasteiger charge is -2.03. The topological polar surface area (TPSA) is 81.0 Å². The van der Waals surface area contributed by atoms with Crippen molar-refractivity contribution in [1.29, 1.82) is 0 Å². The average molecular weight is 344 g/mol. The number of anilines is 1. The molecule has 3 N–H and O–H groups in total. The smallest absolute Gasteiger partial charge is 0.358 e. The maximum absolute atomic E-state index is 11.8. The van der Waals surface area contributed by atoms with Gasteiger partial charge in [0.25, 0.3) is 0 Å². The van der Waals surface area contributed by atoms with E-state index in [9.17, 15) is 4.79 Å². The molecule has 124 valence electrons. The van der Waals surface area contributed by atoms with Gasteiger partial charge in [-0.1, -0.05) is 54.6 Å². The summed E-state index contributed by atoms with van der Waals surface area (Å²) in [7, 11) is 0. The first kappa shape index (κ1) is 17.6. The summed E-state index contributed by atoms with van der Waals surface area (Å²) < 4.78 is 4.94. The number of hydrogen-bond acceptors (Lipinski definition) is 4. The van der Waals surface area contributed by atoms with Gasteiger partial charge < -0.3 is 15.5 Å². The Morgan fingerprint density at radius 3 is 2.25 bits per heavy atom. The SMILES string of the molecule is CCOC(=O)c1[nH]c(-c2ccc(-c3ccccc3)cc2)nc1N.Cl. The number of nitrogens with two attached hydrogens (primary N) is 1. The van der Waals surface area contributed by atoms with Crippen LogP contribution in [-0.4, -0.2) is 22.5 Å². The van der Waals surface area contributed by atoms with Crippen LogP contribution >= 0.6 is 12.4 Å². The van der Waals surface area contributed by atoms with Gasteiger partial charge in [-0.15, -0.1) is 12.4 Å². The standard InChI is InChI=1S/C18H17N3O2.ClH/c1-2-23-18(22)15-16(19)21-17(20-15)14-10-8-13(9-11-14)12-6-4-3-5-7-12;/h3-11H,2,19H2,1H3,(H,20,21);1H. The number of halogens is 1. The quantitative estimate of drug-likeness (QED) is 0.703. The van der Waals surface area contributed by atoms with Crippen LogP contribution in [0.5, 0.6) is 0 Å². The minimum absolute atomic E-state index is 0. The molecule has 1 aromatic heterocycles. The van der Waals surface area contributed by atoms with Crippen molar-refractivity contribution in [2.24, 2.45) is 0 Å². The lowest BCUT2D eigenvalue weighted by Crippen LogP contribution is -2.07. The van der Waals surface area contributed by atoms with Crippen LogP contribution in [0.25, 0.3) is 22.5 Å². The van der Waals surface area contributed by atoms with Gasteiger partial charge in [-0.05, 0) is 18.1 Å². The summed E-state index contributed by atoms with van der Waals surface area (Å²) in [5.74, 6) is 0.195. The molecule has 0 aliphatic heterocycles. The molecule has 1 heterocycles. The van der Waals surface area contributed by atoms with E-state index in [-0.39, 0.29) is 23.9 Å². The molecule has 0 radical (unpaired) electrons. The minimum Gasteiger partial charge on any atom is -0.461 e. The fraction of sp³-hybridized carbons (Fsp3) is 0.111. The monoisotopic (exact) mass is 343 g/mol. The van der Waals surface area contributed by atoms with Crippen molar-refractivity contribution in [2.45, 2.75) is 6.92 Å². The number of carbonyl (C=O) groups is 1. The van der Waals surface area contributed by atoms with Crippen molar-refractivity contribution < 1.29 is 9.53 Å². The predicted molar refractivity (Wildman–Crippen MR) is 97.1 cm³/mol. The Hall–Kier alpha value is -2.79. The molecule has 0 saturated carbocycles. The van der Waals surface area contributed by atoms with E-state index in [0.29, 0.717) is 12.4 Å². The second kappa shape index (κ2) is 7.66. The van der Waals surface area contributed by atoms with Crippen molar-refractivity contribution in [3.05, 3.63) is 60.3 Å². The Morgan fingerprint density at radius 1 is 1.04 bits per heavy atom. The van der Waals surface area contributed by atoms with Crippen LogP contribution < -0.4 is 5.73 Å². The van der Waals surface area contributed by atoms with E-state index in [1.54, 1.807) is 6.92 Å².